The standard InChI is InChI=1S/C12H14N2S/c1-12(2,3)11-10(13-14-15-11)9-7-5-4-6-8-9/h4-8H,1-3H3. The molecule has 0 saturated carbocycles. The third-order valence-corrected chi connectivity index (χ3v) is 3.37. The van der Waals surface area contributed by atoms with E-state index in [1.54, 1.807) is 0 Å². The van der Waals surface area contributed by atoms with Crippen molar-refractivity contribution in [3.63, 3.8) is 0 Å². The van der Waals surface area contributed by atoms with E-state index in [0.29, 0.717) is 0 Å². The Morgan fingerprint density at radius 2 is 1.73 bits per heavy atom. The summed E-state index contributed by atoms with van der Waals surface area (Å²) in [6.45, 7) is 6.57. The third-order valence-electron chi connectivity index (χ3n) is 2.22. The summed E-state index contributed by atoms with van der Waals surface area (Å²) in [6.07, 6.45) is 0. The van der Waals surface area contributed by atoms with Crippen LogP contribution in [0.4, 0.5) is 0 Å². The van der Waals surface area contributed by atoms with Gasteiger partial charge in [0, 0.05) is 11.0 Å². The molecule has 0 saturated heterocycles. The molecule has 0 radical (unpaired) electrons. The van der Waals surface area contributed by atoms with Crippen LogP contribution >= 0.6 is 11.5 Å². The van der Waals surface area contributed by atoms with Gasteiger partial charge in [0.05, 0.1) is 4.88 Å². The average molecular weight is 218 g/mol. The average Bonchev–Trinajstić information content (AvgIpc) is 2.67. The van der Waals surface area contributed by atoms with E-state index in [-0.39, 0.29) is 5.41 Å². The van der Waals surface area contributed by atoms with E-state index in [2.05, 4.69) is 42.5 Å². The van der Waals surface area contributed by atoms with E-state index in [4.69, 9.17) is 0 Å². The van der Waals surface area contributed by atoms with Gasteiger partial charge in [0.2, 0.25) is 0 Å². The van der Waals surface area contributed by atoms with Crippen LogP contribution in [0.3, 0.4) is 0 Å². The number of nitrogens with zero attached hydrogens (tertiary/aromatic N) is 2. The molecule has 1 aromatic heterocycles. The van der Waals surface area contributed by atoms with Gasteiger partial charge in [-0.3, -0.25) is 0 Å². The highest BCUT2D eigenvalue weighted by atomic mass is 32.1. The van der Waals surface area contributed by atoms with Crippen molar-refractivity contribution in [2.45, 2.75) is 26.2 Å². The molecule has 0 bridgehead atoms. The second-order valence-corrected chi connectivity index (χ2v) is 5.32. The van der Waals surface area contributed by atoms with Gasteiger partial charge in [0.25, 0.3) is 0 Å². The SMILES string of the molecule is CC(C)(C)c1snnc1-c1ccccc1. The van der Waals surface area contributed by atoms with Crippen LogP contribution in [0.2, 0.25) is 0 Å². The first-order chi connectivity index (χ1) is 7.09. The maximum absolute atomic E-state index is 4.22. The predicted octanol–water partition coefficient (Wildman–Crippen LogP) is 3.50. The Morgan fingerprint density at radius 3 is 2.33 bits per heavy atom. The Balaban J connectivity index is 2.51. The van der Waals surface area contributed by atoms with E-state index >= 15 is 0 Å². The summed E-state index contributed by atoms with van der Waals surface area (Å²) in [6, 6.07) is 10.2. The minimum Gasteiger partial charge on any atom is -0.138 e. The van der Waals surface area contributed by atoms with Crippen LogP contribution in [-0.2, 0) is 5.41 Å². The zero-order chi connectivity index (χ0) is 10.9. The van der Waals surface area contributed by atoms with Crippen LogP contribution in [0, 0.1) is 0 Å². The Bertz CT molecular complexity index is 440. The van der Waals surface area contributed by atoms with Crippen LogP contribution in [0.1, 0.15) is 25.6 Å². The van der Waals surface area contributed by atoms with Gasteiger partial charge in [-0.05, 0) is 11.5 Å². The highest BCUT2D eigenvalue weighted by molar-refractivity contribution is 7.06. The molecule has 1 heterocycles. The van der Waals surface area contributed by atoms with Gasteiger partial charge in [-0.15, -0.1) is 5.10 Å². The van der Waals surface area contributed by atoms with Gasteiger partial charge in [0.15, 0.2) is 0 Å². The molecule has 0 fully saturated rings. The van der Waals surface area contributed by atoms with Crippen molar-refractivity contribution >= 4 is 11.5 Å². The number of benzene rings is 1. The second-order valence-electron chi connectivity index (χ2n) is 4.57. The Kier molecular flexibility index (Phi) is 2.57. The molecular weight excluding hydrogens is 204 g/mol. The fourth-order valence-electron chi connectivity index (χ4n) is 1.47. The second kappa shape index (κ2) is 3.74. The van der Waals surface area contributed by atoms with Crippen molar-refractivity contribution in [1.29, 1.82) is 0 Å². The lowest BCUT2D eigenvalue weighted by Gasteiger charge is -2.16. The van der Waals surface area contributed by atoms with Crippen LogP contribution < -0.4 is 0 Å². The lowest BCUT2D eigenvalue weighted by atomic mass is 9.91. The highest BCUT2D eigenvalue weighted by Gasteiger charge is 2.22. The van der Waals surface area contributed by atoms with E-state index in [9.17, 15) is 0 Å². The molecule has 2 rings (SSSR count). The summed E-state index contributed by atoms with van der Waals surface area (Å²) >= 11 is 1.49. The molecule has 0 aliphatic rings. The van der Waals surface area contributed by atoms with E-state index in [0.717, 1.165) is 11.3 Å². The van der Waals surface area contributed by atoms with Gasteiger partial charge < -0.3 is 0 Å². The zero-order valence-electron chi connectivity index (χ0n) is 9.19. The first-order valence-electron chi connectivity index (χ1n) is 4.97. The minimum absolute atomic E-state index is 0.110. The largest absolute Gasteiger partial charge is 0.138 e. The van der Waals surface area contributed by atoms with Crippen LogP contribution in [0.25, 0.3) is 11.3 Å². The summed E-state index contributed by atoms with van der Waals surface area (Å²) in [7, 11) is 0. The topological polar surface area (TPSA) is 25.8 Å². The monoisotopic (exact) mass is 218 g/mol. The molecule has 0 aliphatic heterocycles. The van der Waals surface area contributed by atoms with Crippen LogP contribution in [0.5, 0.6) is 0 Å². The normalized spacial score (nSPS) is 11.7. The smallest absolute Gasteiger partial charge is 0.109 e. The molecule has 0 atom stereocenters. The Morgan fingerprint density at radius 1 is 1.07 bits per heavy atom. The summed E-state index contributed by atoms with van der Waals surface area (Å²) in [4.78, 5) is 1.24. The maximum Gasteiger partial charge on any atom is 0.109 e. The van der Waals surface area contributed by atoms with E-state index in [1.807, 2.05) is 18.2 Å². The van der Waals surface area contributed by atoms with Crippen molar-refractivity contribution in [1.82, 2.24) is 9.59 Å². The minimum atomic E-state index is 0.110. The van der Waals surface area contributed by atoms with Crippen molar-refractivity contribution < 1.29 is 0 Å². The van der Waals surface area contributed by atoms with Crippen molar-refractivity contribution in [2.24, 2.45) is 0 Å². The first kappa shape index (κ1) is 10.3. The molecule has 0 amide bonds. The number of hydrogen-bond acceptors (Lipinski definition) is 3. The van der Waals surface area contributed by atoms with Crippen LogP contribution in [-0.4, -0.2) is 9.59 Å². The van der Waals surface area contributed by atoms with E-state index < -0.39 is 0 Å². The Hall–Kier alpha value is -1.22. The van der Waals surface area contributed by atoms with Crippen molar-refractivity contribution in [3.05, 3.63) is 35.2 Å². The van der Waals surface area contributed by atoms with Crippen LogP contribution in [0.15, 0.2) is 30.3 Å². The molecular formula is C12H14N2S. The molecule has 1 aromatic carbocycles. The summed E-state index contributed by atoms with van der Waals surface area (Å²) < 4.78 is 4.06. The first-order valence-corrected chi connectivity index (χ1v) is 5.74. The molecule has 0 aliphatic carbocycles. The summed E-state index contributed by atoms with van der Waals surface area (Å²) in [5.74, 6) is 0. The molecule has 0 unspecified atom stereocenters. The molecule has 0 spiro atoms. The summed E-state index contributed by atoms with van der Waals surface area (Å²) in [5.41, 5.74) is 2.28. The molecule has 78 valence electrons. The molecule has 2 nitrogen and oxygen atoms in total. The molecule has 3 heteroatoms. The summed E-state index contributed by atoms with van der Waals surface area (Å²) in [5, 5.41) is 4.22. The zero-order valence-corrected chi connectivity index (χ0v) is 10.0. The number of rotatable bonds is 1. The van der Waals surface area contributed by atoms with Gasteiger partial charge >= 0.3 is 0 Å². The third kappa shape index (κ3) is 2.07. The molecule has 15 heavy (non-hydrogen) atoms. The maximum atomic E-state index is 4.22. The lowest BCUT2D eigenvalue weighted by molar-refractivity contribution is 0.604. The number of aromatic nitrogens is 2. The fraction of sp³-hybridized carbons (Fsp3) is 0.333. The van der Waals surface area contributed by atoms with E-state index in [1.165, 1.54) is 16.4 Å². The van der Waals surface area contributed by atoms with Gasteiger partial charge in [-0.2, -0.15) is 0 Å². The predicted molar refractivity (Wildman–Crippen MR) is 64.0 cm³/mol. The molecule has 2 aromatic rings. The van der Waals surface area contributed by atoms with Gasteiger partial charge in [0.1, 0.15) is 5.69 Å². The fourth-order valence-corrected chi connectivity index (χ4v) is 2.19. The van der Waals surface area contributed by atoms with Gasteiger partial charge in [-0.25, -0.2) is 0 Å². The Labute approximate surface area is 94.1 Å². The molecule has 0 N–H and O–H groups in total. The highest BCUT2D eigenvalue weighted by Crippen LogP contribution is 2.33. The van der Waals surface area contributed by atoms with Gasteiger partial charge in [-0.1, -0.05) is 55.6 Å². The van der Waals surface area contributed by atoms with Crippen molar-refractivity contribution in [3.8, 4) is 11.3 Å². The lowest BCUT2D eigenvalue weighted by Crippen LogP contribution is -2.10. The van der Waals surface area contributed by atoms with Crippen molar-refractivity contribution in [2.75, 3.05) is 0 Å². The number of hydrogen-bond donors (Lipinski definition) is 0. The quantitative estimate of drug-likeness (QED) is 0.732.